The highest BCUT2D eigenvalue weighted by Crippen LogP contribution is 2.25. The van der Waals surface area contributed by atoms with Gasteiger partial charge < -0.3 is 5.11 Å². The summed E-state index contributed by atoms with van der Waals surface area (Å²) in [7, 11) is 0. The Hall–Kier alpha value is -0.0800. The molecular weight excluding hydrogens is 186 g/mol. The van der Waals surface area contributed by atoms with Gasteiger partial charge in [0.1, 0.15) is 0 Å². The quantitative estimate of drug-likeness (QED) is 0.759. The van der Waals surface area contributed by atoms with Gasteiger partial charge in [0.25, 0.3) is 0 Å². The van der Waals surface area contributed by atoms with Crippen molar-refractivity contribution in [2.24, 2.45) is 0 Å². The highest BCUT2D eigenvalue weighted by Gasteiger charge is 2.27. The topological polar surface area (TPSA) is 23.5 Å². The molecule has 0 aromatic carbocycles. The molecule has 1 rings (SSSR count). The molecule has 2 unspecified atom stereocenters. The second-order valence-electron chi connectivity index (χ2n) is 4.94. The molecule has 15 heavy (non-hydrogen) atoms. The molecule has 0 aromatic rings. The molecule has 1 N–H and O–H groups in total. The van der Waals surface area contributed by atoms with E-state index >= 15 is 0 Å². The van der Waals surface area contributed by atoms with Crippen molar-refractivity contribution in [3.05, 3.63) is 0 Å². The maximum absolute atomic E-state index is 9.52. The Morgan fingerprint density at radius 2 is 1.93 bits per heavy atom. The molecule has 0 radical (unpaired) electrons. The van der Waals surface area contributed by atoms with Crippen LogP contribution in [-0.4, -0.2) is 34.7 Å². The highest BCUT2D eigenvalue weighted by atomic mass is 16.3. The third kappa shape index (κ3) is 3.76. The summed E-state index contributed by atoms with van der Waals surface area (Å²) < 4.78 is 0. The van der Waals surface area contributed by atoms with Gasteiger partial charge in [-0.15, -0.1) is 0 Å². The predicted molar refractivity (Wildman–Crippen MR) is 65.0 cm³/mol. The maximum atomic E-state index is 9.52. The molecule has 0 spiro atoms. The van der Waals surface area contributed by atoms with Gasteiger partial charge in [-0.05, 0) is 45.6 Å². The van der Waals surface area contributed by atoms with E-state index in [0.29, 0.717) is 6.04 Å². The number of likely N-dealkylation sites (tertiary alicyclic amines) is 1. The Morgan fingerprint density at radius 3 is 2.47 bits per heavy atom. The lowest BCUT2D eigenvalue weighted by Crippen LogP contribution is -2.46. The molecule has 0 aromatic heterocycles. The third-order valence-corrected chi connectivity index (χ3v) is 3.70. The molecule has 0 saturated carbocycles. The summed E-state index contributed by atoms with van der Waals surface area (Å²) in [6.45, 7) is 7.72. The number of aliphatic hydroxyl groups excluding tert-OH is 1. The minimum atomic E-state index is -0.148. The Balaban J connectivity index is 2.55. The Kier molecular flexibility index (Phi) is 5.62. The average molecular weight is 213 g/mol. The van der Waals surface area contributed by atoms with Crippen molar-refractivity contribution in [3.8, 4) is 0 Å². The van der Waals surface area contributed by atoms with E-state index in [-0.39, 0.29) is 6.10 Å². The molecule has 2 heteroatoms. The van der Waals surface area contributed by atoms with Crippen LogP contribution in [0.25, 0.3) is 0 Å². The molecule has 2 nitrogen and oxygen atoms in total. The third-order valence-electron chi connectivity index (χ3n) is 3.70. The Labute approximate surface area is 94.7 Å². The number of rotatable bonds is 5. The van der Waals surface area contributed by atoms with Crippen molar-refractivity contribution >= 4 is 0 Å². The summed E-state index contributed by atoms with van der Waals surface area (Å²) in [6, 6.07) is 1.36. The number of hydrogen-bond acceptors (Lipinski definition) is 2. The van der Waals surface area contributed by atoms with E-state index in [4.69, 9.17) is 0 Å². The molecule has 0 aliphatic carbocycles. The number of aliphatic hydroxyl groups is 1. The zero-order chi connectivity index (χ0) is 11.3. The van der Waals surface area contributed by atoms with Crippen LogP contribution in [0.4, 0.5) is 0 Å². The van der Waals surface area contributed by atoms with Crippen LogP contribution in [0, 0.1) is 0 Å². The predicted octanol–water partition coefficient (Wildman–Crippen LogP) is 2.80. The standard InChI is InChI=1S/C13H27NO/c1-4-12(5-2)14-9-7-6-8-13(14)10-11(3)15/h11-13,15H,4-10H2,1-3H3. The second-order valence-corrected chi connectivity index (χ2v) is 4.94. The van der Waals surface area contributed by atoms with Gasteiger partial charge in [-0.1, -0.05) is 20.3 Å². The first kappa shape index (κ1) is 13.0. The van der Waals surface area contributed by atoms with E-state index in [1.54, 1.807) is 0 Å². The van der Waals surface area contributed by atoms with E-state index < -0.39 is 0 Å². The van der Waals surface area contributed by atoms with Gasteiger partial charge in [-0.2, -0.15) is 0 Å². The lowest BCUT2D eigenvalue weighted by molar-refractivity contribution is 0.0517. The molecule has 1 fully saturated rings. The van der Waals surface area contributed by atoms with Gasteiger partial charge in [0.05, 0.1) is 6.10 Å². The molecule has 1 heterocycles. The lowest BCUT2D eigenvalue weighted by Gasteiger charge is -2.41. The van der Waals surface area contributed by atoms with Crippen LogP contribution in [0.15, 0.2) is 0 Å². The fourth-order valence-electron chi connectivity index (χ4n) is 2.91. The summed E-state index contributed by atoms with van der Waals surface area (Å²) in [4.78, 5) is 2.65. The van der Waals surface area contributed by atoms with E-state index in [1.165, 1.54) is 38.6 Å². The molecule has 90 valence electrons. The van der Waals surface area contributed by atoms with Gasteiger partial charge in [0, 0.05) is 12.1 Å². The first-order chi connectivity index (χ1) is 7.19. The van der Waals surface area contributed by atoms with Crippen molar-refractivity contribution < 1.29 is 5.11 Å². The van der Waals surface area contributed by atoms with Crippen LogP contribution in [-0.2, 0) is 0 Å². The summed E-state index contributed by atoms with van der Waals surface area (Å²) >= 11 is 0. The first-order valence-electron chi connectivity index (χ1n) is 6.62. The second kappa shape index (κ2) is 6.49. The monoisotopic (exact) mass is 213 g/mol. The van der Waals surface area contributed by atoms with E-state index in [9.17, 15) is 5.11 Å². The van der Waals surface area contributed by atoms with Crippen molar-refractivity contribution in [2.75, 3.05) is 6.54 Å². The van der Waals surface area contributed by atoms with Crippen LogP contribution in [0.2, 0.25) is 0 Å². The van der Waals surface area contributed by atoms with E-state index in [1.807, 2.05) is 6.92 Å². The smallest absolute Gasteiger partial charge is 0.0527 e. The van der Waals surface area contributed by atoms with Gasteiger partial charge in [0.2, 0.25) is 0 Å². The van der Waals surface area contributed by atoms with Gasteiger partial charge in [-0.25, -0.2) is 0 Å². The summed E-state index contributed by atoms with van der Waals surface area (Å²) in [6.07, 6.45) is 7.25. The highest BCUT2D eigenvalue weighted by molar-refractivity contribution is 4.82. The van der Waals surface area contributed by atoms with Crippen molar-refractivity contribution in [1.29, 1.82) is 0 Å². The zero-order valence-corrected chi connectivity index (χ0v) is 10.6. The van der Waals surface area contributed by atoms with Crippen molar-refractivity contribution in [2.45, 2.75) is 77.5 Å². The molecule has 0 bridgehead atoms. The molecular formula is C13H27NO. The van der Waals surface area contributed by atoms with Crippen LogP contribution in [0.1, 0.15) is 59.3 Å². The first-order valence-corrected chi connectivity index (χ1v) is 6.62. The van der Waals surface area contributed by atoms with E-state index in [2.05, 4.69) is 18.7 Å². The minimum absolute atomic E-state index is 0.148. The van der Waals surface area contributed by atoms with Crippen LogP contribution < -0.4 is 0 Å². The summed E-state index contributed by atoms with van der Waals surface area (Å²) in [5.41, 5.74) is 0. The van der Waals surface area contributed by atoms with Crippen molar-refractivity contribution in [3.63, 3.8) is 0 Å². The fraction of sp³-hybridized carbons (Fsp3) is 1.00. The number of nitrogens with zero attached hydrogens (tertiary/aromatic N) is 1. The number of piperidine rings is 1. The largest absolute Gasteiger partial charge is 0.393 e. The SMILES string of the molecule is CCC(CC)N1CCCCC1CC(C)O. The van der Waals surface area contributed by atoms with Gasteiger partial charge >= 0.3 is 0 Å². The number of hydrogen-bond donors (Lipinski definition) is 1. The van der Waals surface area contributed by atoms with Crippen molar-refractivity contribution in [1.82, 2.24) is 4.90 Å². The van der Waals surface area contributed by atoms with Crippen LogP contribution in [0.3, 0.4) is 0 Å². The maximum Gasteiger partial charge on any atom is 0.0527 e. The molecule has 1 saturated heterocycles. The molecule has 0 amide bonds. The van der Waals surface area contributed by atoms with Gasteiger partial charge in [-0.3, -0.25) is 4.90 Å². The van der Waals surface area contributed by atoms with E-state index in [0.717, 1.165) is 12.5 Å². The lowest BCUT2D eigenvalue weighted by atomic mass is 9.94. The Morgan fingerprint density at radius 1 is 1.27 bits per heavy atom. The molecule has 1 aliphatic heterocycles. The average Bonchev–Trinajstić information content (AvgIpc) is 2.21. The molecule has 1 aliphatic rings. The van der Waals surface area contributed by atoms with Crippen LogP contribution in [0.5, 0.6) is 0 Å². The van der Waals surface area contributed by atoms with Crippen LogP contribution >= 0.6 is 0 Å². The fourth-order valence-corrected chi connectivity index (χ4v) is 2.91. The molecule has 2 atom stereocenters. The summed E-state index contributed by atoms with van der Waals surface area (Å²) in [5, 5.41) is 9.52. The Bertz CT molecular complexity index is 166. The zero-order valence-electron chi connectivity index (χ0n) is 10.6. The van der Waals surface area contributed by atoms with Gasteiger partial charge in [0.15, 0.2) is 0 Å². The summed E-state index contributed by atoms with van der Waals surface area (Å²) in [5.74, 6) is 0. The minimum Gasteiger partial charge on any atom is -0.393 e. The normalized spacial score (nSPS) is 25.8.